The molecule has 208 valence electrons. The van der Waals surface area contributed by atoms with Crippen molar-refractivity contribution in [2.75, 3.05) is 71.8 Å². The Bertz CT molecular complexity index is 1230. The second-order valence-corrected chi connectivity index (χ2v) is 11.6. The van der Waals surface area contributed by atoms with Gasteiger partial charge in [-0.3, -0.25) is 8.98 Å². The summed E-state index contributed by atoms with van der Waals surface area (Å²) in [5.41, 5.74) is 2.33. The van der Waals surface area contributed by atoms with Crippen LogP contribution in [-0.2, 0) is 19.1 Å². The zero-order valence-corrected chi connectivity index (χ0v) is 23.4. The first-order valence-electron chi connectivity index (χ1n) is 12.5. The topological polar surface area (TPSA) is 113 Å². The lowest BCUT2D eigenvalue weighted by Crippen LogP contribution is -2.51. The zero-order valence-electron chi connectivity index (χ0n) is 22.6. The van der Waals surface area contributed by atoms with Crippen LogP contribution in [0.1, 0.15) is 13.3 Å². The fourth-order valence-electron chi connectivity index (χ4n) is 4.83. The number of ether oxygens (including phenoxy) is 2. The van der Waals surface area contributed by atoms with Crippen LogP contribution in [0.25, 0.3) is 0 Å². The summed E-state index contributed by atoms with van der Waals surface area (Å²) in [5.74, 6) is 1.17. The van der Waals surface area contributed by atoms with E-state index >= 15 is 0 Å². The minimum Gasteiger partial charge on any atom is -0.497 e. The normalized spacial score (nSPS) is 21.7. The molecule has 0 saturated carbocycles. The quantitative estimate of drug-likeness (QED) is 0.438. The largest absolute Gasteiger partial charge is 0.497 e. The first kappa shape index (κ1) is 27.8. The van der Waals surface area contributed by atoms with Gasteiger partial charge in [-0.1, -0.05) is 6.08 Å². The summed E-state index contributed by atoms with van der Waals surface area (Å²) in [6.45, 7) is 5.34. The highest BCUT2D eigenvalue weighted by Gasteiger charge is 2.36. The van der Waals surface area contributed by atoms with Gasteiger partial charge >= 0.3 is 0 Å². The van der Waals surface area contributed by atoms with Crippen molar-refractivity contribution in [3.05, 3.63) is 53.6 Å². The molecular formula is C26H37N5O6S. The first-order chi connectivity index (χ1) is 18.0. The number of fused-ring (bicyclic) bond motifs is 1. The van der Waals surface area contributed by atoms with Crippen molar-refractivity contribution in [1.29, 1.82) is 0 Å². The highest BCUT2D eigenvalue weighted by molar-refractivity contribution is 7.85. The van der Waals surface area contributed by atoms with Crippen molar-refractivity contribution in [2.24, 2.45) is 0 Å². The highest BCUT2D eigenvalue weighted by Crippen LogP contribution is 2.37. The lowest BCUT2D eigenvalue weighted by atomic mass is 9.87. The van der Waals surface area contributed by atoms with E-state index in [0.29, 0.717) is 36.7 Å². The fourth-order valence-corrected chi connectivity index (χ4v) is 5.21. The Morgan fingerprint density at radius 3 is 2.34 bits per heavy atom. The van der Waals surface area contributed by atoms with E-state index in [1.54, 1.807) is 26.5 Å². The number of hydrogen-bond donors (Lipinski definition) is 2. The number of carbonyl (C=O) groups excluding carboxylic acids is 1. The molecule has 11 nitrogen and oxygen atoms in total. The predicted octanol–water partition coefficient (Wildman–Crippen LogP) is 1.22. The summed E-state index contributed by atoms with van der Waals surface area (Å²) in [7, 11) is 1.61. The van der Waals surface area contributed by atoms with Gasteiger partial charge in [-0.05, 0) is 26.5 Å². The van der Waals surface area contributed by atoms with Crippen LogP contribution in [-0.4, -0.2) is 96.5 Å². The van der Waals surface area contributed by atoms with E-state index < -0.39 is 15.7 Å². The molecule has 1 unspecified atom stereocenters. The van der Waals surface area contributed by atoms with E-state index in [-0.39, 0.29) is 19.1 Å². The molecule has 1 atom stereocenters. The summed E-state index contributed by atoms with van der Waals surface area (Å²) >= 11 is 0. The standard InChI is InChI=1S/C26H37N5O6S/c1-26(31(12-13-37-38(5,33)34)19-14-20(35-3)16-21(15-19)36-4)7-6-22-23(17-26)28-24(18-27-22)25(32)30-10-8-29(2)9-11-30/h6,14-18,27-28H,7-13H2,1-5H3. The van der Waals surface area contributed by atoms with E-state index in [9.17, 15) is 13.2 Å². The molecule has 3 aliphatic rings. The molecule has 0 radical (unpaired) electrons. The van der Waals surface area contributed by atoms with Crippen LogP contribution in [0.5, 0.6) is 11.5 Å². The van der Waals surface area contributed by atoms with E-state index in [1.165, 1.54) is 0 Å². The van der Waals surface area contributed by atoms with Gasteiger partial charge in [0.05, 0.1) is 44.0 Å². The van der Waals surface area contributed by atoms with Gasteiger partial charge in [-0.25, -0.2) is 0 Å². The molecule has 4 rings (SSSR count). The second kappa shape index (κ2) is 11.3. The van der Waals surface area contributed by atoms with Gasteiger partial charge in [0, 0.05) is 62.8 Å². The third-order valence-electron chi connectivity index (χ3n) is 7.00. The molecule has 2 aliphatic heterocycles. The molecule has 38 heavy (non-hydrogen) atoms. The van der Waals surface area contributed by atoms with Gasteiger partial charge in [0.15, 0.2) is 0 Å². The van der Waals surface area contributed by atoms with Crippen molar-refractivity contribution in [3.63, 3.8) is 0 Å². The predicted molar refractivity (Wildman–Crippen MR) is 145 cm³/mol. The van der Waals surface area contributed by atoms with E-state index in [1.807, 2.05) is 17.0 Å². The number of anilines is 1. The summed E-state index contributed by atoms with van der Waals surface area (Å²) in [4.78, 5) is 19.3. The minimum atomic E-state index is -3.61. The minimum absolute atomic E-state index is 0.0353. The Kier molecular flexibility index (Phi) is 8.24. The van der Waals surface area contributed by atoms with Gasteiger partial charge < -0.3 is 34.8 Å². The summed E-state index contributed by atoms with van der Waals surface area (Å²) in [6.07, 6.45) is 7.50. The molecule has 2 N–H and O–H groups in total. The fraction of sp³-hybridized carbons (Fsp3) is 0.500. The molecule has 1 amide bonds. The van der Waals surface area contributed by atoms with Crippen LogP contribution >= 0.6 is 0 Å². The molecule has 1 aliphatic carbocycles. The smallest absolute Gasteiger partial charge is 0.271 e. The monoisotopic (exact) mass is 547 g/mol. The lowest BCUT2D eigenvalue weighted by Gasteiger charge is -2.44. The van der Waals surface area contributed by atoms with E-state index in [0.717, 1.165) is 36.4 Å². The summed E-state index contributed by atoms with van der Waals surface area (Å²) < 4.78 is 39.4. The number of benzene rings is 1. The molecule has 0 bridgehead atoms. The second-order valence-electron chi connectivity index (χ2n) is 9.91. The number of nitrogens with zero attached hydrogens (tertiary/aromatic N) is 3. The number of nitrogens with one attached hydrogen (secondary N) is 2. The molecule has 0 spiro atoms. The summed E-state index contributed by atoms with van der Waals surface area (Å²) in [6, 6.07) is 5.53. The number of amides is 1. The van der Waals surface area contributed by atoms with Crippen molar-refractivity contribution < 1.29 is 26.9 Å². The molecule has 1 fully saturated rings. The van der Waals surface area contributed by atoms with E-state index in [2.05, 4.69) is 46.6 Å². The van der Waals surface area contributed by atoms with Crippen LogP contribution in [0.15, 0.2) is 53.6 Å². The van der Waals surface area contributed by atoms with Gasteiger partial charge in [0.2, 0.25) is 0 Å². The Labute approximate surface area is 224 Å². The van der Waals surface area contributed by atoms with Gasteiger partial charge in [-0.15, -0.1) is 0 Å². The number of hydrogen-bond acceptors (Lipinski definition) is 10. The Balaban J connectivity index is 1.62. The summed E-state index contributed by atoms with van der Waals surface area (Å²) in [5, 5.41) is 6.60. The molecule has 1 saturated heterocycles. The Morgan fingerprint density at radius 2 is 1.74 bits per heavy atom. The average Bonchev–Trinajstić information content (AvgIpc) is 2.89. The third kappa shape index (κ3) is 6.43. The van der Waals surface area contributed by atoms with Gasteiger partial charge in [0.1, 0.15) is 17.2 Å². The number of carbonyl (C=O) groups is 1. The van der Waals surface area contributed by atoms with Gasteiger partial charge in [0.25, 0.3) is 16.0 Å². The highest BCUT2D eigenvalue weighted by atomic mass is 32.2. The van der Waals surface area contributed by atoms with Gasteiger partial charge in [-0.2, -0.15) is 8.42 Å². The lowest BCUT2D eigenvalue weighted by molar-refractivity contribution is -0.129. The SMILES string of the molecule is COc1cc(OC)cc(N(CCOS(C)(=O)=O)C2(C)C=C3NC(C(=O)N4CCN(C)CC4)=CNC3=CC2)c1. The van der Waals surface area contributed by atoms with E-state index in [4.69, 9.17) is 13.7 Å². The molecular weight excluding hydrogens is 510 g/mol. The number of rotatable bonds is 9. The third-order valence-corrected chi connectivity index (χ3v) is 7.60. The van der Waals surface area contributed by atoms with Crippen LogP contribution in [0.3, 0.4) is 0 Å². The van der Waals surface area contributed by atoms with Crippen LogP contribution in [0.2, 0.25) is 0 Å². The van der Waals surface area contributed by atoms with Crippen LogP contribution in [0.4, 0.5) is 5.69 Å². The van der Waals surface area contributed by atoms with Crippen molar-refractivity contribution in [3.8, 4) is 11.5 Å². The van der Waals surface area contributed by atoms with Crippen LogP contribution < -0.4 is 25.0 Å². The number of likely N-dealkylation sites (N-methyl/N-ethyl adjacent to an activating group) is 1. The van der Waals surface area contributed by atoms with Crippen molar-refractivity contribution >= 4 is 21.7 Å². The Hall–Kier alpha value is -3.22. The first-order valence-corrected chi connectivity index (χ1v) is 14.3. The van der Waals surface area contributed by atoms with Crippen molar-refractivity contribution in [1.82, 2.24) is 20.4 Å². The molecule has 1 aromatic carbocycles. The van der Waals surface area contributed by atoms with Crippen molar-refractivity contribution in [2.45, 2.75) is 18.9 Å². The van der Waals surface area contributed by atoms with Crippen LogP contribution in [0, 0.1) is 0 Å². The number of piperazine rings is 1. The maximum atomic E-state index is 13.2. The number of methoxy groups -OCH3 is 2. The molecule has 1 aromatic rings. The molecule has 0 aromatic heterocycles. The molecule has 12 heteroatoms. The maximum Gasteiger partial charge on any atom is 0.271 e. The Morgan fingerprint density at radius 1 is 1.08 bits per heavy atom. The average molecular weight is 548 g/mol. The maximum absolute atomic E-state index is 13.2. The molecule has 2 heterocycles. The zero-order chi connectivity index (χ0) is 27.5.